The highest BCUT2D eigenvalue weighted by Gasteiger charge is 2.16. The molecule has 7 nitrogen and oxygen atoms in total. The Labute approximate surface area is 184 Å². The van der Waals surface area contributed by atoms with Gasteiger partial charge in [-0.25, -0.2) is 4.39 Å². The average Bonchev–Trinajstić information content (AvgIpc) is 3.24. The second-order valence-corrected chi connectivity index (χ2v) is 8.30. The first-order valence-electron chi connectivity index (χ1n) is 10.0. The van der Waals surface area contributed by atoms with Crippen molar-refractivity contribution in [3.8, 4) is 5.69 Å². The Bertz CT molecular complexity index is 1080. The molecule has 0 atom stereocenters. The van der Waals surface area contributed by atoms with E-state index in [2.05, 4.69) is 28.5 Å². The van der Waals surface area contributed by atoms with Crippen LogP contribution in [0.5, 0.6) is 0 Å². The summed E-state index contributed by atoms with van der Waals surface area (Å²) in [5.74, 6) is -0.462. The molecule has 3 aromatic rings. The van der Waals surface area contributed by atoms with Crippen LogP contribution < -0.4 is 10.2 Å². The normalized spacial score (nSPS) is 14.0. The number of morpholine rings is 1. The molecule has 1 amide bonds. The molecule has 1 aromatic heterocycles. The summed E-state index contributed by atoms with van der Waals surface area (Å²) in [5.41, 5.74) is 4.27. The smallest absolute Gasteiger partial charge is 0.234 e. The van der Waals surface area contributed by atoms with Crippen molar-refractivity contribution in [1.29, 1.82) is 0 Å². The maximum absolute atomic E-state index is 14.5. The third-order valence-corrected chi connectivity index (χ3v) is 6.14. The molecule has 1 saturated heterocycles. The molecule has 2 heterocycles. The lowest BCUT2D eigenvalue weighted by atomic mass is 10.1. The van der Waals surface area contributed by atoms with Gasteiger partial charge in [-0.15, -0.1) is 10.2 Å². The van der Waals surface area contributed by atoms with Gasteiger partial charge in [-0.2, -0.15) is 0 Å². The van der Waals surface area contributed by atoms with Crippen LogP contribution in [-0.2, 0) is 9.53 Å². The van der Waals surface area contributed by atoms with Gasteiger partial charge in [0.1, 0.15) is 12.1 Å². The van der Waals surface area contributed by atoms with Gasteiger partial charge >= 0.3 is 0 Å². The number of hydrogen-bond donors (Lipinski definition) is 1. The third kappa shape index (κ3) is 5.05. The zero-order chi connectivity index (χ0) is 21.8. The van der Waals surface area contributed by atoms with E-state index in [4.69, 9.17) is 4.74 Å². The molecule has 0 saturated carbocycles. The van der Waals surface area contributed by atoms with Crippen molar-refractivity contribution >= 4 is 29.0 Å². The fourth-order valence-electron chi connectivity index (χ4n) is 3.35. The van der Waals surface area contributed by atoms with Crippen LogP contribution >= 0.6 is 11.8 Å². The Morgan fingerprint density at radius 2 is 1.97 bits per heavy atom. The molecule has 0 aliphatic carbocycles. The number of hydrogen-bond acceptors (Lipinski definition) is 6. The second-order valence-electron chi connectivity index (χ2n) is 7.35. The number of anilines is 2. The number of carbonyl (C=O) groups excluding carboxylic acids is 1. The molecule has 1 fully saturated rings. The fraction of sp³-hybridized carbons (Fsp3) is 0.318. The van der Waals surface area contributed by atoms with Crippen molar-refractivity contribution in [2.75, 3.05) is 42.3 Å². The topological polar surface area (TPSA) is 72.3 Å². The van der Waals surface area contributed by atoms with E-state index in [0.717, 1.165) is 5.69 Å². The van der Waals surface area contributed by atoms with Gasteiger partial charge in [-0.1, -0.05) is 17.8 Å². The quantitative estimate of drug-likeness (QED) is 0.590. The van der Waals surface area contributed by atoms with Gasteiger partial charge in [0.15, 0.2) is 5.16 Å². The highest BCUT2D eigenvalue weighted by Crippen LogP contribution is 2.25. The highest BCUT2D eigenvalue weighted by atomic mass is 32.2. The summed E-state index contributed by atoms with van der Waals surface area (Å²) >= 11 is 1.28. The highest BCUT2D eigenvalue weighted by molar-refractivity contribution is 7.99. The summed E-state index contributed by atoms with van der Waals surface area (Å²) in [6.07, 6.45) is 1.63. The van der Waals surface area contributed by atoms with Crippen molar-refractivity contribution < 1.29 is 13.9 Å². The van der Waals surface area contributed by atoms with E-state index in [-0.39, 0.29) is 17.5 Å². The largest absolute Gasteiger partial charge is 0.378 e. The molecule has 31 heavy (non-hydrogen) atoms. The van der Waals surface area contributed by atoms with Crippen LogP contribution in [0, 0.1) is 19.7 Å². The lowest BCUT2D eigenvalue weighted by molar-refractivity contribution is -0.113. The average molecular weight is 442 g/mol. The zero-order valence-electron chi connectivity index (χ0n) is 17.5. The van der Waals surface area contributed by atoms with E-state index in [0.29, 0.717) is 42.8 Å². The number of amides is 1. The molecule has 4 rings (SSSR count). The molecule has 9 heteroatoms. The summed E-state index contributed by atoms with van der Waals surface area (Å²) < 4.78 is 21.7. The van der Waals surface area contributed by atoms with E-state index in [9.17, 15) is 9.18 Å². The van der Waals surface area contributed by atoms with Crippen molar-refractivity contribution in [3.63, 3.8) is 0 Å². The van der Waals surface area contributed by atoms with Gasteiger partial charge in [-0.3, -0.25) is 9.36 Å². The Morgan fingerprint density at radius 3 is 2.71 bits per heavy atom. The lowest BCUT2D eigenvalue weighted by Gasteiger charge is -2.29. The van der Waals surface area contributed by atoms with Crippen LogP contribution in [0.2, 0.25) is 0 Å². The Hall–Kier alpha value is -2.91. The van der Waals surface area contributed by atoms with Crippen LogP contribution in [-0.4, -0.2) is 52.7 Å². The van der Waals surface area contributed by atoms with Gasteiger partial charge in [0, 0.05) is 24.5 Å². The Morgan fingerprint density at radius 1 is 1.16 bits per heavy atom. The van der Waals surface area contributed by atoms with Crippen LogP contribution in [0.25, 0.3) is 5.69 Å². The number of rotatable bonds is 6. The molecule has 162 valence electrons. The standard InChI is InChI=1S/C22H24FN5O2S/c1-15-3-5-18(11-16(15)2)28-14-24-26-22(28)31-13-21(29)25-17-4-6-20(19(23)12-17)27-7-9-30-10-8-27/h3-6,11-12,14H,7-10,13H2,1-2H3,(H,25,29). The van der Waals surface area contributed by atoms with Crippen molar-refractivity contribution in [2.24, 2.45) is 0 Å². The van der Waals surface area contributed by atoms with E-state index in [1.807, 2.05) is 28.5 Å². The molecule has 0 bridgehead atoms. The number of halogens is 1. The molecule has 1 aliphatic rings. The molecule has 2 aromatic carbocycles. The predicted octanol–water partition coefficient (Wildman–Crippen LogP) is 3.59. The van der Waals surface area contributed by atoms with Gasteiger partial charge in [-0.05, 0) is 55.3 Å². The summed E-state index contributed by atoms with van der Waals surface area (Å²) in [7, 11) is 0. The second kappa shape index (κ2) is 9.49. The zero-order valence-corrected chi connectivity index (χ0v) is 18.3. The minimum absolute atomic E-state index is 0.135. The number of carbonyl (C=O) groups is 1. The van der Waals surface area contributed by atoms with E-state index in [1.54, 1.807) is 18.5 Å². The minimum atomic E-state index is -0.359. The van der Waals surface area contributed by atoms with Crippen LogP contribution in [0.4, 0.5) is 15.8 Å². The van der Waals surface area contributed by atoms with Gasteiger partial charge in [0.05, 0.1) is 24.7 Å². The van der Waals surface area contributed by atoms with Crippen molar-refractivity contribution in [2.45, 2.75) is 19.0 Å². The monoisotopic (exact) mass is 441 g/mol. The first kappa shape index (κ1) is 21.3. The summed E-state index contributed by atoms with van der Waals surface area (Å²) in [4.78, 5) is 14.4. The maximum Gasteiger partial charge on any atom is 0.234 e. The lowest BCUT2D eigenvalue weighted by Crippen LogP contribution is -2.36. The number of ether oxygens (including phenoxy) is 1. The van der Waals surface area contributed by atoms with Gasteiger partial charge in [0.2, 0.25) is 5.91 Å². The Kier molecular flexibility index (Phi) is 6.53. The van der Waals surface area contributed by atoms with Crippen molar-refractivity contribution in [1.82, 2.24) is 14.8 Å². The number of nitrogens with one attached hydrogen (secondary N) is 1. The first-order chi connectivity index (χ1) is 15.0. The number of aryl methyl sites for hydroxylation is 2. The maximum atomic E-state index is 14.5. The van der Waals surface area contributed by atoms with Crippen LogP contribution in [0.3, 0.4) is 0 Å². The van der Waals surface area contributed by atoms with E-state index in [1.165, 1.54) is 29.0 Å². The molecule has 1 N–H and O–H groups in total. The third-order valence-electron chi connectivity index (χ3n) is 5.20. The molecule has 1 aliphatic heterocycles. The molecular formula is C22H24FN5O2S. The summed E-state index contributed by atoms with van der Waals surface area (Å²) in [5, 5.41) is 11.5. The van der Waals surface area contributed by atoms with Crippen molar-refractivity contribution in [3.05, 3.63) is 59.7 Å². The number of benzene rings is 2. The minimum Gasteiger partial charge on any atom is -0.378 e. The predicted molar refractivity (Wildman–Crippen MR) is 120 cm³/mol. The number of aromatic nitrogens is 3. The molecular weight excluding hydrogens is 417 g/mol. The first-order valence-corrected chi connectivity index (χ1v) is 11.0. The SMILES string of the molecule is Cc1ccc(-n2cnnc2SCC(=O)Nc2ccc(N3CCOCC3)c(F)c2)cc1C. The van der Waals surface area contributed by atoms with Gasteiger partial charge in [0.25, 0.3) is 0 Å². The van der Waals surface area contributed by atoms with E-state index >= 15 is 0 Å². The van der Waals surface area contributed by atoms with Gasteiger partial charge < -0.3 is 15.0 Å². The molecule has 0 spiro atoms. The van der Waals surface area contributed by atoms with Crippen LogP contribution in [0.1, 0.15) is 11.1 Å². The van der Waals surface area contributed by atoms with E-state index < -0.39 is 0 Å². The van der Waals surface area contributed by atoms with Crippen LogP contribution in [0.15, 0.2) is 47.9 Å². The summed E-state index contributed by atoms with van der Waals surface area (Å²) in [6, 6.07) is 10.9. The fourth-order valence-corrected chi connectivity index (χ4v) is 4.08. The summed E-state index contributed by atoms with van der Waals surface area (Å²) in [6.45, 7) is 6.58. The Balaban J connectivity index is 1.37. The molecule has 0 radical (unpaired) electrons. The molecule has 0 unspecified atom stereocenters. The number of nitrogens with zero attached hydrogens (tertiary/aromatic N) is 4. The number of thioether (sulfide) groups is 1.